The van der Waals surface area contributed by atoms with Gasteiger partial charge in [-0.25, -0.2) is 12.7 Å². The number of benzene rings is 1. The van der Waals surface area contributed by atoms with Crippen LogP contribution in [0.5, 0.6) is 11.5 Å². The minimum Gasteiger partial charge on any atom is -0.497 e. The van der Waals surface area contributed by atoms with Crippen LogP contribution in [-0.2, 0) is 10.0 Å². The van der Waals surface area contributed by atoms with Gasteiger partial charge in [0, 0.05) is 25.9 Å². The second-order valence-corrected chi connectivity index (χ2v) is 8.58. The molecule has 1 heterocycles. The van der Waals surface area contributed by atoms with Gasteiger partial charge in [0.1, 0.15) is 17.2 Å². The maximum atomic E-state index is 11.8. The maximum Gasteiger partial charge on any atom is 0.214 e. The normalized spacial score (nSPS) is 11.7. The number of nitrogens with zero attached hydrogens (tertiary/aromatic N) is 5. The number of thioether (sulfide) groups is 1. The van der Waals surface area contributed by atoms with Crippen LogP contribution in [0.4, 0.5) is 0 Å². The summed E-state index contributed by atoms with van der Waals surface area (Å²) in [6.07, 6.45) is 0.493. The smallest absolute Gasteiger partial charge is 0.214 e. The molecule has 1 aromatic heterocycles. The summed E-state index contributed by atoms with van der Waals surface area (Å²) in [6, 6.07) is 5.33. The van der Waals surface area contributed by atoms with Crippen molar-refractivity contribution in [1.82, 2.24) is 24.5 Å². The van der Waals surface area contributed by atoms with E-state index in [1.807, 2.05) is 0 Å². The summed E-state index contributed by atoms with van der Waals surface area (Å²) in [7, 11) is 3.00. The van der Waals surface area contributed by atoms with Crippen molar-refractivity contribution in [3.63, 3.8) is 0 Å². The summed E-state index contributed by atoms with van der Waals surface area (Å²) in [5, 5.41) is 12.3. The Balaban J connectivity index is 2.11. The molecule has 0 aliphatic rings. The van der Waals surface area contributed by atoms with Gasteiger partial charge in [-0.3, -0.25) is 0 Å². The summed E-state index contributed by atoms with van der Waals surface area (Å²) in [5.41, 5.74) is 0.648. The minimum absolute atomic E-state index is 0.0804. The van der Waals surface area contributed by atoms with E-state index in [9.17, 15) is 8.42 Å². The van der Waals surface area contributed by atoms with Gasteiger partial charge < -0.3 is 9.47 Å². The summed E-state index contributed by atoms with van der Waals surface area (Å²) < 4.78 is 36.9. The number of rotatable bonds is 9. The number of tetrazole rings is 1. The molecule has 0 saturated carbocycles. The van der Waals surface area contributed by atoms with Gasteiger partial charge in [0.25, 0.3) is 0 Å². The molecule has 0 unspecified atom stereocenters. The molecule has 1 aromatic carbocycles. The predicted molar refractivity (Wildman–Crippen MR) is 95.1 cm³/mol. The highest BCUT2D eigenvalue weighted by Crippen LogP contribution is 2.29. The molecule has 2 aromatic rings. The second-order valence-electron chi connectivity index (χ2n) is 5.21. The highest BCUT2D eigenvalue weighted by Gasteiger charge is 2.16. The van der Waals surface area contributed by atoms with Crippen LogP contribution in [0.2, 0.25) is 0 Å². The molecular formula is C14H21N5O4S2. The fraction of sp³-hybridized carbons (Fsp3) is 0.500. The number of methoxy groups -OCH3 is 2. The van der Waals surface area contributed by atoms with Crippen LogP contribution < -0.4 is 9.47 Å². The molecule has 0 spiro atoms. The first-order chi connectivity index (χ1) is 11.9. The molecule has 0 bridgehead atoms. The monoisotopic (exact) mass is 387 g/mol. The molecule has 0 N–H and O–H groups in total. The van der Waals surface area contributed by atoms with Crippen LogP contribution in [-0.4, -0.2) is 72.8 Å². The van der Waals surface area contributed by atoms with Gasteiger partial charge in [0.05, 0.1) is 20.0 Å². The lowest BCUT2D eigenvalue weighted by molar-refractivity contribution is 0.399. The molecule has 0 fully saturated rings. The van der Waals surface area contributed by atoms with E-state index in [4.69, 9.17) is 9.47 Å². The van der Waals surface area contributed by atoms with Gasteiger partial charge in [-0.15, -0.1) is 5.10 Å². The Kier molecular flexibility index (Phi) is 6.62. The van der Waals surface area contributed by atoms with Crippen LogP contribution in [0, 0.1) is 0 Å². The third-order valence-corrected chi connectivity index (χ3v) is 6.31. The zero-order valence-corrected chi connectivity index (χ0v) is 16.2. The van der Waals surface area contributed by atoms with Crippen molar-refractivity contribution in [3.8, 4) is 17.2 Å². The van der Waals surface area contributed by atoms with E-state index in [1.54, 1.807) is 37.1 Å². The summed E-state index contributed by atoms with van der Waals surface area (Å²) in [4.78, 5) is 0. The van der Waals surface area contributed by atoms with Crippen LogP contribution in [0.3, 0.4) is 0 Å². The van der Waals surface area contributed by atoms with Crippen molar-refractivity contribution in [2.75, 3.05) is 39.8 Å². The summed E-state index contributed by atoms with van der Waals surface area (Å²) in [6.45, 7) is 0. The molecule has 9 nitrogen and oxygen atoms in total. The van der Waals surface area contributed by atoms with E-state index < -0.39 is 10.0 Å². The lowest BCUT2D eigenvalue weighted by atomic mass is 10.3. The van der Waals surface area contributed by atoms with E-state index in [1.165, 1.54) is 30.2 Å². The summed E-state index contributed by atoms with van der Waals surface area (Å²) >= 11 is 1.38. The third kappa shape index (κ3) is 4.83. The quantitative estimate of drug-likeness (QED) is 0.465. The molecule has 0 saturated heterocycles. The lowest BCUT2D eigenvalue weighted by Crippen LogP contribution is -2.25. The highest BCUT2D eigenvalue weighted by molar-refractivity contribution is 7.99. The van der Waals surface area contributed by atoms with Gasteiger partial charge in [-0.2, -0.15) is 4.68 Å². The Morgan fingerprint density at radius 3 is 2.64 bits per heavy atom. The molecule has 0 amide bonds. The molecule has 0 aliphatic heterocycles. The van der Waals surface area contributed by atoms with Crippen LogP contribution in [0.15, 0.2) is 23.4 Å². The molecule has 0 atom stereocenters. The Bertz CT molecular complexity index is 807. The molecular weight excluding hydrogens is 366 g/mol. The Hall–Kier alpha value is -1.85. The first-order valence-corrected chi connectivity index (χ1v) is 10.0. The molecule has 0 aliphatic carbocycles. The van der Waals surface area contributed by atoms with E-state index in [0.717, 1.165) is 0 Å². The summed E-state index contributed by atoms with van der Waals surface area (Å²) in [5.74, 6) is 1.90. The lowest BCUT2D eigenvalue weighted by Gasteiger charge is -2.12. The van der Waals surface area contributed by atoms with Crippen molar-refractivity contribution >= 4 is 21.8 Å². The number of aromatic nitrogens is 4. The number of sulfonamides is 1. The standard InChI is InChI=1S/C14H21N5O4S2/c1-18(2)25(20,21)9-5-8-24-14-15-16-17-19(14)12-10-11(22-3)6-7-13(12)23-4/h6-7,10H,5,8-9H2,1-4H3. The van der Waals surface area contributed by atoms with Crippen LogP contribution in [0.1, 0.15) is 6.42 Å². The Morgan fingerprint density at radius 2 is 2.00 bits per heavy atom. The topological polar surface area (TPSA) is 99.4 Å². The SMILES string of the molecule is COc1ccc(OC)c(-n2nnnc2SCCCS(=O)(=O)N(C)C)c1. The number of hydrogen-bond donors (Lipinski definition) is 0. The molecule has 2 rings (SSSR count). The minimum atomic E-state index is -3.20. The largest absolute Gasteiger partial charge is 0.497 e. The van der Waals surface area contributed by atoms with Crippen LogP contribution in [0.25, 0.3) is 5.69 Å². The number of ether oxygens (including phenoxy) is 2. The van der Waals surface area contributed by atoms with Gasteiger partial charge >= 0.3 is 0 Å². The number of hydrogen-bond acceptors (Lipinski definition) is 8. The van der Waals surface area contributed by atoms with Crippen molar-refractivity contribution in [1.29, 1.82) is 0 Å². The molecule has 138 valence electrons. The highest BCUT2D eigenvalue weighted by atomic mass is 32.2. The van der Waals surface area contributed by atoms with Crippen molar-refractivity contribution in [3.05, 3.63) is 18.2 Å². The maximum absolute atomic E-state index is 11.8. The third-order valence-electron chi connectivity index (χ3n) is 3.39. The average Bonchev–Trinajstić information content (AvgIpc) is 3.06. The Morgan fingerprint density at radius 1 is 1.24 bits per heavy atom. The van der Waals surface area contributed by atoms with E-state index >= 15 is 0 Å². The van der Waals surface area contributed by atoms with Crippen molar-refractivity contribution < 1.29 is 17.9 Å². The zero-order chi connectivity index (χ0) is 18.4. The fourth-order valence-electron chi connectivity index (χ4n) is 1.97. The van der Waals surface area contributed by atoms with Gasteiger partial charge in [-0.1, -0.05) is 11.8 Å². The molecule has 0 radical (unpaired) electrons. The van der Waals surface area contributed by atoms with E-state index in [-0.39, 0.29) is 5.75 Å². The van der Waals surface area contributed by atoms with Crippen LogP contribution >= 0.6 is 11.8 Å². The first kappa shape index (κ1) is 19.5. The van der Waals surface area contributed by atoms with Gasteiger partial charge in [0.2, 0.25) is 15.2 Å². The van der Waals surface area contributed by atoms with Crippen molar-refractivity contribution in [2.45, 2.75) is 11.6 Å². The Labute approximate surface area is 151 Å². The van der Waals surface area contributed by atoms with Gasteiger partial charge in [0.15, 0.2) is 0 Å². The van der Waals surface area contributed by atoms with Gasteiger partial charge in [-0.05, 0) is 29.0 Å². The van der Waals surface area contributed by atoms with E-state index in [0.29, 0.717) is 34.5 Å². The predicted octanol–water partition coefficient (Wildman–Crippen LogP) is 1.05. The van der Waals surface area contributed by atoms with Crippen molar-refractivity contribution in [2.24, 2.45) is 0 Å². The second kappa shape index (κ2) is 8.50. The average molecular weight is 387 g/mol. The first-order valence-electron chi connectivity index (χ1n) is 7.43. The fourth-order valence-corrected chi connectivity index (χ4v) is 3.85. The van der Waals surface area contributed by atoms with E-state index in [2.05, 4.69) is 15.5 Å². The molecule has 11 heteroatoms. The zero-order valence-electron chi connectivity index (χ0n) is 14.5. The molecule has 25 heavy (non-hydrogen) atoms.